The molecule has 4 aromatic carbocycles. The van der Waals surface area contributed by atoms with Gasteiger partial charge < -0.3 is 43.0 Å². The molecule has 0 unspecified atom stereocenters. The largest absolute Gasteiger partial charge is 0.453 e. The lowest BCUT2D eigenvalue weighted by atomic mass is 9.97. The number of hydrogen-bond donors (Lipinski definition) is 1. The fourth-order valence-corrected chi connectivity index (χ4v) is 6.40. The van der Waals surface area contributed by atoms with Crippen molar-refractivity contribution in [3.8, 4) is 0 Å². The summed E-state index contributed by atoms with van der Waals surface area (Å²) >= 11 is 0. The van der Waals surface area contributed by atoms with Crippen molar-refractivity contribution < 1.29 is 47.8 Å². The molecular weight excluding hydrogens is 652 g/mol. The number of methoxy groups -OCH3 is 1. The predicted octanol–water partition coefficient (Wildman–Crippen LogP) is 5.85. The summed E-state index contributed by atoms with van der Waals surface area (Å²) < 4.78 is 50.4. The maximum Gasteiger partial charge on any atom is 0.338 e. The van der Waals surface area contributed by atoms with Crippen LogP contribution in [-0.2, 0) is 57.7 Å². The normalized spacial score (nSPS) is 29.3. The Labute approximate surface area is 299 Å². The number of rotatable bonds is 14. The second-order valence-electron chi connectivity index (χ2n) is 12.8. The highest BCUT2D eigenvalue weighted by molar-refractivity contribution is 5.89. The molecule has 1 N–H and O–H groups in total. The van der Waals surface area contributed by atoms with E-state index in [0.29, 0.717) is 12.2 Å². The first kappa shape index (κ1) is 36.8. The van der Waals surface area contributed by atoms with Gasteiger partial charge in [-0.3, -0.25) is 0 Å². The Morgan fingerprint density at radius 2 is 1.00 bits per heavy atom. The molecule has 0 aromatic heterocycles. The Hall–Kier alpha value is -3.97. The van der Waals surface area contributed by atoms with Gasteiger partial charge >= 0.3 is 5.97 Å². The van der Waals surface area contributed by atoms with Crippen molar-refractivity contribution >= 4 is 5.97 Å². The number of benzene rings is 4. The second-order valence-corrected chi connectivity index (χ2v) is 12.8. The van der Waals surface area contributed by atoms with Gasteiger partial charge in [-0.05, 0) is 42.7 Å². The van der Waals surface area contributed by atoms with E-state index in [1.54, 1.807) is 31.2 Å². The molecule has 2 fully saturated rings. The second kappa shape index (κ2) is 18.0. The van der Waals surface area contributed by atoms with Gasteiger partial charge in [-0.15, -0.1) is 0 Å². The van der Waals surface area contributed by atoms with Gasteiger partial charge in [0.05, 0.1) is 37.6 Å². The molecule has 0 spiro atoms. The molecule has 0 radical (unpaired) electrons. The van der Waals surface area contributed by atoms with Crippen molar-refractivity contribution in [3.05, 3.63) is 144 Å². The smallest absolute Gasteiger partial charge is 0.338 e. The molecule has 2 aliphatic rings. The average molecular weight is 699 g/mol. The Morgan fingerprint density at radius 1 is 0.569 bits per heavy atom. The van der Waals surface area contributed by atoms with E-state index in [0.717, 1.165) is 16.7 Å². The summed E-state index contributed by atoms with van der Waals surface area (Å²) in [7, 11) is 1.53. The third-order valence-electron chi connectivity index (χ3n) is 9.11. The summed E-state index contributed by atoms with van der Waals surface area (Å²) in [5, 5.41) is 11.9. The molecule has 0 saturated carbocycles. The van der Waals surface area contributed by atoms with Crippen molar-refractivity contribution in [2.75, 3.05) is 7.11 Å². The van der Waals surface area contributed by atoms with Crippen LogP contribution in [0.25, 0.3) is 0 Å². The van der Waals surface area contributed by atoms with E-state index in [1.165, 1.54) is 7.11 Å². The predicted molar refractivity (Wildman–Crippen MR) is 187 cm³/mol. The Balaban J connectivity index is 1.26. The zero-order chi connectivity index (χ0) is 35.6. The van der Waals surface area contributed by atoms with Crippen LogP contribution in [0.1, 0.15) is 40.9 Å². The van der Waals surface area contributed by atoms with Crippen LogP contribution in [0.15, 0.2) is 121 Å². The molecule has 270 valence electrons. The van der Waals surface area contributed by atoms with Crippen molar-refractivity contribution in [2.45, 2.75) is 95.1 Å². The molecule has 0 aliphatic carbocycles. The third kappa shape index (κ3) is 9.48. The Bertz CT molecular complexity index is 1610. The Morgan fingerprint density at radius 3 is 1.51 bits per heavy atom. The number of carbonyl (C=O) groups is 1. The van der Waals surface area contributed by atoms with Crippen LogP contribution in [-0.4, -0.2) is 79.6 Å². The summed E-state index contributed by atoms with van der Waals surface area (Å²) in [5.41, 5.74) is 3.21. The minimum absolute atomic E-state index is 0.157. The van der Waals surface area contributed by atoms with E-state index in [-0.39, 0.29) is 13.2 Å². The van der Waals surface area contributed by atoms with Gasteiger partial charge in [0.2, 0.25) is 0 Å². The number of aliphatic hydroxyl groups excluding tert-OH is 1. The van der Waals surface area contributed by atoms with E-state index in [1.807, 2.05) is 104 Å². The fourth-order valence-electron chi connectivity index (χ4n) is 6.40. The zero-order valence-electron chi connectivity index (χ0n) is 29.1. The number of carbonyl (C=O) groups excluding carboxylic acids is 1. The highest BCUT2D eigenvalue weighted by Crippen LogP contribution is 2.34. The molecule has 2 heterocycles. The molecule has 10 heteroatoms. The minimum atomic E-state index is -1.38. The topological polar surface area (TPSA) is 111 Å². The van der Waals surface area contributed by atoms with Crippen molar-refractivity contribution in [1.29, 1.82) is 0 Å². The first-order chi connectivity index (χ1) is 24.9. The van der Waals surface area contributed by atoms with Crippen molar-refractivity contribution in [2.24, 2.45) is 0 Å². The standard InChI is InChI=1S/C41H46O10/c1-27-34(45-24-29-16-8-4-9-17-29)37(47-26-31-20-12-6-13-21-31)38(41(44-3)49-27)51-40-33(42)36(46-25-30-18-10-5-11-19-30)35(28(2)48-40)50-39(43)32-22-14-7-15-23-32/h4-23,27-28,33-38,40-42H,24-26H2,1-3H3/t27-,28-,33+,34-,35-,36-,37+,38+,40+,41+/m0/s1. The van der Waals surface area contributed by atoms with E-state index >= 15 is 0 Å². The summed E-state index contributed by atoms with van der Waals surface area (Å²) in [4.78, 5) is 13.2. The molecule has 0 amide bonds. The maximum atomic E-state index is 13.2. The molecule has 10 atom stereocenters. The maximum absolute atomic E-state index is 13.2. The fraction of sp³-hybridized carbons (Fsp3) is 0.390. The van der Waals surface area contributed by atoms with E-state index in [2.05, 4.69) is 0 Å². The number of aliphatic hydroxyl groups is 1. The molecule has 2 aliphatic heterocycles. The SMILES string of the molecule is CO[C@@H]1O[C@@H](C)[C@H](OCc2ccccc2)[C@@H](OCc2ccccc2)[C@H]1O[C@H]1O[C@@H](C)[C@H](OC(=O)c2ccccc2)[C@@H](OCc2ccccc2)[C@H]1O. The summed E-state index contributed by atoms with van der Waals surface area (Å²) in [6, 6.07) is 37.9. The van der Waals surface area contributed by atoms with Crippen molar-refractivity contribution in [1.82, 2.24) is 0 Å². The van der Waals surface area contributed by atoms with Gasteiger partial charge in [0, 0.05) is 7.11 Å². The first-order valence-corrected chi connectivity index (χ1v) is 17.3. The molecule has 10 nitrogen and oxygen atoms in total. The summed E-state index contributed by atoms with van der Waals surface area (Å²) in [5.74, 6) is -0.558. The molecule has 6 rings (SSSR count). The number of hydrogen-bond acceptors (Lipinski definition) is 10. The van der Waals surface area contributed by atoms with Crippen LogP contribution < -0.4 is 0 Å². The van der Waals surface area contributed by atoms with Crippen molar-refractivity contribution in [3.63, 3.8) is 0 Å². The van der Waals surface area contributed by atoms with Crippen LogP contribution in [0.5, 0.6) is 0 Å². The van der Waals surface area contributed by atoms with E-state index in [4.69, 9.17) is 37.9 Å². The highest BCUT2D eigenvalue weighted by atomic mass is 16.8. The number of ether oxygens (including phenoxy) is 8. The molecular formula is C41H46O10. The lowest BCUT2D eigenvalue weighted by molar-refractivity contribution is -0.368. The summed E-state index contributed by atoms with van der Waals surface area (Å²) in [6.07, 6.45) is -8.81. The van der Waals surface area contributed by atoms with Gasteiger partial charge in [0.25, 0.3) is 0 Å². The van der Waals surface area contributed by atoms with Gasteiger partial charge in [-0.25, -0.2) is 4.79 Å². The van der Waals surface area contributed by atoms with Crippen LogP contribution in [0.4, 0.5) is 0 Å². The third-order valence-corrected chi connectivity index (χ3v) is 9.11. The lowest BCUT2D eigenvalue weighted by Crippen LogP contribution is -2.64. The summed E-state index contributed by atoms with van der Waals surface area (Å²) in [6.45, 7) is 4.41. The van der Waals surface area contributed by atoms with Gasteiger partial charge in [0.1, 0.15) is 30.5 Å². The van der Waals surface area contributed by atoms with Crippen LogP contribution in [0.3, 0.4) is 0 Å². The number of esters is 1. The van der Waals surface area contributed by atoms with E-state index in [9.17, 15) is 9.90 Å². The molecule has 4 aromatic rings. The first-order valence-electron chi connectivity index (χ1n) is 17.3. The Kier molecular flexibility index (Phi) is 13.0. The molecule has 2 saturated heterocycles. The van der Waals surface area contributed by atoms with Gasteiger partial charge in [0.15, 0.2) is 18.7 Å². The van der Waals surface area contributed by atoms with Gasteiger partial charge in [-0.2, -0.15) is 0 Å². The molecule has 0 bridgehead atoms. The monoisotopic (exact) mass is 698 g/mol. The highest BCUT2D eigenvalue weighted by Gasteiger charge is 2.53. The molecule has 51 heavy (non-hydrogen) atoms. The van der Waals surface area contributed by atoms with Crippen LogP contribution in [0.2, 0.25) is 0 Å². The minimum Gasteiger partial charge on any atom is -0.453 e. The average Bonchev–Trinajstić information content (AvgIpc) is 3.17. The van der Waals surface area contributed by atoms with Gasteiger partial charge in [-0.1, -0.05) is 109 Å². The van der Waals surface area contributed by atoms with Crippen LogP contribution in [0, 0.1) is 0 Å². The lowest BCUT2D eigenvalue weighted by Gasteiger charge is -2.48. The van der Waals surface area contributed by atoms with Crippen LogP contribution >= 0.6 is 0 Å². The quantitative estimate of drug-likeness (QED) is 0.161. The zero-order valence-corrected chi connectivity index (χ0v) is 29.1. The van der Waals surface area contributed by atoms with E-state index < -0.39 is 67.4 Å².